The fourth-order valence-electron chi connectivity index (χ4n) is 3.00. The van der Waals surface area contributed by atoms with E-state index in [1.165, 1.54) is 0 Å². The molecule has 0 saturated heterocycles. The molecule has 26 heavy (non-hydrogen) atoms. The molecule has 5 heteroatoms. The van der Waals surface area contributed by atoms with Gasteiger partial charge in [-0.25, -0.2) is 4.68 Å². The first-order valence-corrected chi connectivity index (χ1v) is 8.62. The van der Waals surface area contributed by atoms with Crippen molar-refractivity contribution in [3.63, 3.8) is 0 Å². The standard InChI is InChI=1S/C21H20N2O3/c1-25-17-9-3-14(4-10-17)19-13-20(24)23(16-7-8-16)22-21(19)15-5-11-18(26-2)12-6-15/h3-6,9-13,16H,7-8H2,1-2H3. The second-order valence-electron chi connectivity index (χ2n) is 6.38. The van der Waals surface area contributed by atoms with Gasteiger partial charge >= 0.3 is 0 Å². The molecule has 0 aliphatic heterocycles. The SMILES string of the molecule is COc1ccc(-c2cc(=O)n(C3CC3)nc2-c2ccc(OC)cc2)cc1. The summed E-state index contributed by atoms with van der Waals surface area (Å²) >= 11 is 0. The van der Waals surface area contributed by atoms with Crippen molar-refractivity contribution in [3.8, 4) is 33.9 Å². The molecule has 1 aliphatic carbocycles. The Morgan fingerprint density at radius 3 is 1.92 bits per heavy atom. The predicted molar refractivity (Wildman–Crippen MR) is 101 cm³/mol. The molecule has 0 radical (unpaired) electrons. The van der Waals surface area contributed by atoms with Gasteiger partial charge in [-0.3, -0.25) is 4.79 Å². The number of rotatable bonds is 5. The second-order valence-corrected chi connectivity index (χ2v) is 6.38. The largest absolute Gasteiger partial charge is 0.497 e. The van der Waals surface area contributed by atoms with Crippen molar-refractivity contribution in [1.29, 1.82) is 0 Å². The van der Waals surface area contributed by atoms with Gasteiger partial charge in [-0.15, -0.1) is 0 Å². The van der Waals surface area contributed by atoms with Crippen LogP contribution in [0.25, 0.3) is 22.4 Å². The van der Waals surface area contributed by atoms with E-state index in [0.717, 1.165) is 46.7 Å². The molecule has 1 fully saturated rings. The third-order valence-electron chi connectivity index (χ3n) is 4.61. The molecule has 2 aromatic carbocycles. The summed E-state index contributed by atoms with van der Waals surface area (Å²) in [4.78, 5) is 12.6. The highest BCUT2D eigenvalue weighted by Gasteiger charge is 2.27. The first-order valence-electron chi connectivity index (χ1n) is 8.62. The molecule has 0 spiro atoms. The van der Waals surface area contributed by atoms with Crippen LogP contribution in [0.5, 0.6) is 11.5 Å². The maximum Gasteiger partial charge on any atom is 0.267 e. The Balaban J connectivity index is 1.87. The molecule has 0 bridgehead atoms. The van der Waals surface area contributed by atoms with Crippen LogP contribution in [0, 0.1) is 0 Å². The quantitative estimate of drug-likeness (QED) is 0.701. The Bertz CT molecular complexity index is 972. The van der Waals surface area contributed by atoms with Crippen LogP contribution in [-0.2, 0) is 0 Å². The first kappa shape index (κ1) is 16.4. The number of benzene rings is 2. The van der Waals surface area contributed by atoms with Crippen molar-refractivity contribution in [2.45, 2.75) is 18.9 Å². The predicted octanol–water partition coefficient (Wildman–Crippen LogP) is 3.93. The summed E-state index contributed by atoms with van der Waals surface area (Å²) in [5.41, 5.74) is 3.44. The third kappa shape index (κ3) is 3.08. The number of hydrogen-bond acceptors (Lipinski definition) is 4. The Labute approximate surface area is 151 Å². The van der Waals surface area contributed by atoms with Crippen LogP contribution >= 0.6 is 0 Å². The van der Waals surface area contributed by atoms with E-state index in [-0.39, 0.29) is 11.6 Å². The fraction of sp³-hybridized carbons (Fsp3) is 0.238. The van der Waals surface area contributed by atoms with E-state index in [4.69, 9.17) is 14.6 Å². The monoisotopic (exact) mass is 348 g/mol. The summed E-state index contributed by atoms with van der Waals surface area (Å²) in [6, 6.07) is 17.3. The van der Waals surface area contributed by atoms with Gasteiger partial charge in [0.15, 0.2) is 0 Å². The lowest BCUT2D eigenvalue weighted by Gasteiger charge is -2.13. The van der Waals surface area contributed by atoms with Crippen molar-refractivity contribution in [2.75, 3.05) is 14.2 Å². The van der Waals surface area contributed by atoms with Gasteiger partial charge in [-0.05, 0) is 54.8 Å². The van der Waals surface area contributed by atoms with E-state index in [1.54, 1.807) is 25.0 Å². The zero-order valence-electron chi connectivity index (χ0n) is 14.8. The maximum absolute atomic E-state index is 12.6. The van der Waals surface area contributed by atoms with Gasteiger partial charge in [0.2, 0.25) is 0 Å². The lowest BCUT2D eigenvalue weighted by Crippen LogP contribution is -2.22. The minimum absolute atomic E-state index is 0.0596. The molecule has 5 nitrogen and oxygen atoms in total. The maximum atomic E-state index is 12.6. The molecule has 1 saturated carbocycles. The summed E-state index contributed by atoms with van der Waals surface area (Å²) in [5, 5.41) is 4.71. The van der Waals surface area contributed by atoms with Crippen molar-refractivity contribution in [1.82, 2.24) is 9.78 Å². The van der Waals surface area contributed by atoms with E-state index in [2.05, 4.69) is 0 Å². The lowest BCUT2D eigenvalue weighted by molar-refractivity contribution is 0.414. The van der Waals surface area contributed by atoms with Gasteiger partial charge in [-0.2, -0.15) is 5.10 Å². The summed E-state index contributed by atoms with van der Waals surface area (Å²) in [6.45, 7) is 0. The van der Waals surface area contributed by atoms with Crippen molar-refractivity contribution < 1.29 is 9.47 Å². The molecular weight excluding hydrogens is 328 g/mol. The number of ether oxygens (including phenoxy) is 2. The van der Waals surface area contributed by atoms with Crippen LogP contribution in [0.3, 0.4) is 0 Å². The van der Waals surface area contributed by atoms with E-state index in [1.807, 2.05) is 48.5 Å². The van der Waals surface area contributed by atoms with Crippen LogP contribution in [0.15, 0.2) is 59.4 Å². The zero-order chi connectivity index (χ0) is 18.1. The second kappa shape index (κ2) is 6.67. The van der Waals surface area contributed by atoms with E-state index in [9.17, 15) is 4.79 Å². The van der Waals surface area contributed by atoms with Gasteiger partial charge in [0.1, 0.15) is 11.5 Å². The smallest absolute Gasteiger partial charge is 0.267 e. The van der Waals surface area contributed by atoms with Crippen LogP contribution < -0.4 is 15.0 Å². The van der Waals surface area contributed by atoms with Crippen molar-refractivity contribution in [3.05, 3.63) is 65.0 Å². The van der Waals surface area contributed by atoms with Crippen molar-refractivity contribution in [2.24, 2.45) is 0 Å². The van der Waals surface area contributed by atoms with E-state index < -0.39 is 0 Å². The molecule has 1 aliphatic rings. The molecule has 3 aromatic rings. The van der Waals surface area contributed by atoms with Crippen molar-refractivity contribution >= 4 is 0 Å². The fourth-order valence-corrected chi connectivity index (χ4v) is 3.00. The third-order valence-corrected chi connectivity index (χ3v) is 4.61. The Hall–Kier alpha value is -3.08. The van der Waals surface area contributed by atoms with Gasteiger partial charge in [0, 0.05) is 17.2 Å². The first-order chi connectivity index (χ1) is 12.7. The Kier molecular flexibility index (Phi) is 4.21. The van der Waals surface area contributed by atoms with Gasteiger partial charge < -0.3 is 9.47 Å². The van der Waals surface area contributed by atoms with E-state index in [0.29, 0.717) is 0 Å². The zero-order valence-corrected chi connectivity index (χ0v) is 14.8. The lowest BCUT2D eigenvalue weighted by atomic mass is 10.00. The summed E-state index contributed by atoms with van der Waals surface area (Å²) in [7, 11) is 3.28. The highest BCUT2D eigenvalue weighted by Crippen LogP contribution is 2.36. The van der Waals surface area contributed by atoms with Crippen LogP contribution in [0.4, 0.5) is 0 Å². The number of hydrogen-bond donors (Lipinski definition) is 0. The molecule has 132 valence electrons. The average molecular weight is 348 g/mol. The minimum Gasteiger partial charge on any atom is -0.497 e. The molecule has 0 unspecified atom stereocenters. The van der Waals surface area contributed by atoms with Gasteiger partial charge in [-0.1, -0.05) is 12.1 Å². The number of methoxy groups -OCH3 is 2. The highest BCUT2D eigenvalue weighted by atomic mass is 16.5. The average Bonchev–Trinajstić information content (AvgIpc) is 3.53. The normalized spacial score (nSPS) is 13.5. The number of nitrogens with zero attached hydrogens (tertiary/aromatic N) is 2. The molecular formula is C21H20N2O3. The van der Waals surface area contributed by atoms with Crippen LogP contribution in [0.2, 0.25) is 0 Å². The minimum atomic E-state index is -0.0596. The molecule has 1 heterocycles. The molecule has 0 N–H and O–H groups in total. The van der Waals surface area contributed by atoms with Gasteiger partial charge in [0.05, 0.1) is 26.0 Å². The highest BCUT2D eigenvalue weighted by molar-refractivity contribution is 5.80. The summed E-state index contributed by atoms with van der Waals surface area (Å²) in [6.07, 6.45) is 2.02. The molecule has 0 amide bonds. The van der Waals surface area contributed by atoms with Gasteiger partial charge in [0.25, 0.3) is 5.56 Å². The van der Waals surface area contributed by atoms with Crippen LogP contribution in [-0.4, -0.2) is 24.0 Å². The number of aromatic nitrogens is 2. The molecule has 0 atom stereocenters. The molecule has 4 rings (SSSR count). The Morgan fingerprint density at radius 1 is 0.885 bits per heavy atom. The molecule has 1 aromatic heterocycles. The van der Waals surface area contributed by atoms with E-state index >= 15 is 0 Å². The summed E-state index contributed by atoms with van der Waals surface area (Å²) < 4.78 is 12.1. The Morgan fingerprint density at radius 2 is 1.42 bits per heavy atom. The summed E-state index contributed by atoms with van der Waals surface area (Å²) in [5.74, 6) is 1.56. The van der Waals surface area contributed by atoms with Crippen LogP contribution in [0.1, 0.15) is 18.9 Å². The topological polar surface area (TPSA) is 53.4 Å².